The van der Waals surface area contributed by atoms with Gasteiger partial charge in [0.2, 0.25) is 5.95 Å². The molecule has 0 amide bonds. The third kappa shape index (κ3) is 3.42. The number of hydrogen-bond acceptors (Lipinski definition) is 8. The molecule has 9 heteroatoms. The summed E-state index contributed by atoms with van der Waals surface area (Å²) >= 11 is 0. The number of nitrogens with zero attached hydrogens (tertiary/aromatic N) is 4. The number of halogens is 1. The van der Waals surface area contributed by atoms with Crippen LogP contribution in [-0.4, -0.2) is 32.8 Å². The van der Waals surface area contributed by atoms with E-state index in [0.29, 0.717) is 41.1 Å². The summed E-state index contributed by atoms with van der Waals surface area (Å²) in [7, 11) is 1.43. The van der Waals surface area contributed by atoms with Gasteiger partial charge in [0.25, 0.3) is 5.88 Å². The highest BCUT2D eigenvalue weighted by molar-refractivity contribution is 6.00. The van der Waals surface area contributed by atoms with Gasteiger partial charge in [0.1, 0.15) is 5.82 Å². The number of methoxy groups -OCH3 is 1. The predicted molar refractivity (Wildman–Crippen MR) is 110 cm³/mol. The van der Waals surface area contributed by atoms with Gasteiger partial charge in [-0.05, 0) is 36.5 Å². The molecule has 2 heterocycles. The number of carbonyl (C=O) groups excluding carboxylic acids is 1. The van der Waals surface area contributed by atoms with E-state index in [1.54, 1.807) is 6.07 Å². The summed E-state index contributed by atoms with van der Waals surface area (Å²) in [5.74, 6) is -0.248. The second kappa shape index (κ2) is 7.66. The van der Waals surface area contributed by atoms with Crippen molar-refractivity contribution in [2.24, 2.45) is 0 Å². The Kier molecular flexibility index (Phi) is 5.03. The average Bonchev–Trinajstić information content (AvgIpc) is 2.73. The Labute approximate surface area is 172 Å². The molecule has 1 aromatic carbocycles. The van der Waals surface area contributed by atoms with E-state index in [9.17, 15) is 9.18 Å². The summed E-state index contributed by atoms with van der Waals surface area (Å²) in [6, 6.07) is 4.41. The Morgan fingerprint density at radius 1 is 1.20 bits per heavy atom. The number of aryl methyl sites for hydroxylation is 1. The Morgan fingerprint density at radius 3 is 2.73 bits per heavy atom. The number of ketones is 1. The lowest BCUT2D eigenvalue weighted by atomic mass is 9.79. The van der Waals surface area contributed by atoms with Crippen LogP contribution in [0.3, 0.4) is 0 Å². The van der Waals surface area contributed by atoms with Crippen LogP contribution >= 0.6 is 0 Å². The molecule has 4 rings (SSSR count). The van der Waals surface area contributed by atoms with E-state index in [4.69, 9.17) is 16.2 Å². The third-order valence-corrected chi connectivity index (χ3v) is 5.25. The van der Waals surface area contributed by atoms with Gasteiger partial charge in [-0.3, -0.25) is 4.79 Å². The molecule has 2 aromatic heterocycles. The number of ether oxygens (including phenoxy) is 1. The van der Waals surface area contributed by atoms with Crippen molar-refractivity contribution in [2.45, 2.75) is 32.1 Å². The average molecular weight is 408 g/mol. The molecule has 0 radical (unpaired) electrons. The van der Waals surface area contributed by atoms with Gasteiger partial charge >= 0.3 is 0 Å². The maximum Gasteiger partial charge on any atom is 0.257 e. The molecular weight excluding hydrogens is 387 g/mol. The lowest BCUT2D eigenvalue weighted by molar-refractivity contribution is 0.0961. The smallest absolute Gasteiger partial charge is 0.257 e. The molecule has 0 aliphatic heterocycles. The van der Waals surface area contributed by atoms with Gasteiger partial charge in [0, 0.05) is 12.0 Å². The van der Waals surface area contributed by atoms with Gasteiger partial charge in [0.15, 0.2) is 11.6 Å². The fourth-order valence-electron chi connectivity index (χ4n) is 3.92. The molecule has 154 valence electrons. The number of aromatic nitrogens is 4. The monoisotopic (exact) mass is 408 g/mol. The van der Waals surface area contributed by atoms with Crippen LogP contribution in [0, 0.1) is 5.82 Å². The van der Waals surface area contributed by atoms with Gasteiger partial charge in [0.05, 0.1) is 36.0 Å². The van der Waals surface area contributed by atoms with Crippen molar-refractivity contribution >= 4 is 17.5 Å². The molecule has 30 heavy (non-hydrogen) atoms. The Morgan fingerprint density at radius 2 is 2.00 bits per heavy atom. The first-order valence-electron chi connectivity index (χ1n) is 9.56. The van der Waals surface area contributed by atoms with Crippen LogP contribution in [0.5, 0.6) is 5.88 Å². The Bertz CT molecular complexity index is 1150. The summed E-state index contributed by atoms with van der Waals surface area (Å²) in [6.45, 7) is 1.92. The zero-order valence-corrected chi connectivity index (χ0v) is 16.6. The maximum atomic E-state index is 14.1. The van der Waals surface area contributed by atoms with Crippen molar-refractivity contribution in [3.8, 4) is 17.1 Å². The van der Waals surface area contributed by atoms with Crippen molar-refractivity contribution in [1.29, 1.82) is 0 Å². The predicted octanol–water partition coefficient (Wildman–Crippen LogP) is 2.72. The van der Waals surface area contributed by atoms with Crippen LogP contribution in [0.15, 0.2) is 24.4 Å². The number of hydrogen-bond donors (Lipinski definition) is 2. The lowest BCUT2D eigenvalue weighted by Crippen LogP contribution is -2.24. The van der Waals surface area contributed by atoms with Crippen LogP contribution in [0.1, 0.15) is 46.6 Å². The zero-order valence-electron chi connectivity index (χ0n) is 16.6. The van der Waals surface area contributed by atoms with Crippen molar-refractivity contribution in [1.82, 2.24) is 19.9 Å². The summed E-state index contributed by atoms with van der Waals surface area (Å²) in [4.78, 5) is 29.9. The number of nitrogen functional groups attached to an aromatic ring is 2. The highest BCUT2D eigenvalue weighted by Crippen LogP contribution is 2.38. The Balaban J connectivity index is 1.81. The molecule has 0 saturated heterocycles. The van der Waals surface area contributed by atoms with Crippen molar-refractivity contribution in [3.05, 3.63) is 52.7 Å². The standard InChI is InChI=1S/C21H21FN6O2/c1-3-14-18-15(28-21(24)27-14)6-10(7-17(18)29)12-5-4-11(22)8-13(12)16-9-25-19(23)20(26-16)30-2/h4-5,8-10H,3,6-7H2,1-2H3,(H2,23,25)(H2,24,27,28). The van der Waals surface area contributed by atoms with E-state index in [1.165, 1.54) is 25.4 Å². The number of carbonyl (C=O) groups is 1. The van der Waals surface area contributed by atoms with E-state index in [-0.39, 0.29) is 35.8 Å². The van der Waals surface area contributed by atoms with Gasteiger partial charge in [-0.15, -0.1) is 0 Å². The van der Waals surface area contributed by atoms with E-state index < -0.39 is 5.82 Å². The minimum Gasteiger partial charge on any atom is -0.478 e. The molecule has 0 fully saturated rings. The number of benzene rings is 1. The van der Waals surface area contributed by atoms with E-state index in [0.717, 1.165) is 5.56 Å². The molecule has 1 unspecified atom stereocenters. The number of fused-ring (bicyclic) bond motifs is 1. The van der Waals surface area contributed by atoms with Gasteiger partial charge in [-0.2, -0.15) is 0 Å². The van der Waals surface area contributed by atoms with Crippen LogP contribution in [0.2, 0.25) is 0 Å². The van der Waals surface area contributed by atoms with Crippen LogP contribution < -0.4 is 16.2 Å². The summed E-state index contributed by atoms with van der Waals surface area (Å²) in [5, 5.41) is 0. The first-order chi connectivity index (χ1) is 14.4. The maximum absolute atomic E-state index is 14.1. The molecule has 8 nitrogen and oxygen atoms in total. The van der Waals surface area contributed by atoms with E-state index >= 15 is 0 Å². The first-order valence-corrected chi connectivity index (χ1v) is 9.56. The molecule has 0 bridgehead atoms. The van der Waals surface area contributed by atoms with Gasteiger partial charge < -0.3 is 16.2 Å². The van der Waals surface area contributed by atoms with Crippen molar-refractivity contribution < 1.29 is 13.9 Å². The molecule has 3 aromatic rings. The summed E-state index contributed by atoms with van der Waals surface area (Å²) in [6.07, 6.45) is 2.79. The highest BCUT2D eigenvalue weighted by Gasteiger charge is 2.32. The topological polar surface area (TPSA) is 130 Å². The SMILES string of the molecule is CCc1nc(N)nc2c1C(=O)CC(c1ccc(F)cc1-c1cnc(N)c(OC)n1)C2. The number of Topliss-reactive ketones (excluding diaryl/α,β-unsaturated/α-hetero) is 1. The molecule has 1 atom stereocenters. The summed E-state index contributed by atoms with van der Waals surface area (Å²) in [5.41, 5.74) is 15.2. The minimum absolute atomic E-state index is 0.0469. The molecule has 0 spiro atoms. The molecule has 1 aliphatic carbocycles. The molecule has 4 N–H and O–H groups in total. The van der Waals surface area contributed by atoms with Crippen molar-refractivity contribution in [3.63, 3.8) is 0 Å². The van der Waals surface area contributed by atoms with E-state index in [1.807, 2.05) is 6.92 Å². The molecule has 0 saturated carbocycles. The highest BCUT2D eigenvalue weighted by atomic mass is 19.1. The summed E-state index contributed by atoms with van der Waals surface area (Å²) < 4.78 is 19.3. The van der Waals surface area contributed by atoms with E-state index in [2.05, 4.69) is 19.9 Å². The van der Waals surface area contributed by atoms with Gasteiger partial charge in [-0.1, -0.05) is 13.0 Å². The number of anilines is 2. The number of nitrogens with two attached hydrogens (primary N) is 2. The normalized spacial score (nSPS) is 15.7. The fourth-order valence-corrected chi connectivity index (χ4v) is 3.92. The second-order valence-corrected chi connectivity index (χ2v) is 7.11. The molecule has 1 aliphatic rings. The fraction of sp³-hybridized carbons (Fsp3) is 0.286. The molecular formula is C21H21FN6O2. The second-order valence-electron chi connectivity index (χ2n) is 7.11. The number of rotatable bonds is 4. The van der Waals surface area contributed by atoms with Crippen LogP contribution in [-0.2, 0) is 12.8 Å². The van der Waals surface area contributed by atoms with Crippen LogP contribution in [0.4, 0.5) is 16.2 Å². The lowest BCUT2D eigenvalue weighted by Gasteiger charge is -2.26. The zero-order chi connectivity index (χ0) is 21.4. The largest absolute Gasteiger partial charge is 0.478 e. The minimum atomic E-state index is -0.422. The van der Waals surface area contributed by atoms with Gasteiger partial charge in [-0.25, -0.2) is 24.3 Å². The quantitative estimate of drug-likeness (QED) is 0.674. The van der Waals surface area contributed by atoms with Crippen LogP contribution in [0.25, 0.3) is 11.3 Å². The first kappa shape index (κ1) is 19.7. The Hall–Kier alpha value is -3.62. The van der Waals surface area contributed by atoms with Crippen molar-refractivity contribution in [2.75, 3.05) is 18.6 Å². The third-order valence-electron chi connectivity index (χ3n) is 5.25.